The molecule has 1 fully saturated rings. The number of benzene rings is 2. The summed E-state index contributed by atoms with van der Waals surface area (Å²) in [5.41, 5.74) is 14.3. The molecule has 0 heterocycles. The van der Waals surface area contributed by atoms with Crippen molar-refractivity contribution in [2.24, 2.45) is 11.5 Å². The van der Waals surface area contributed by atoms with E-state index in [-0.39, 0.29) is 23.7 Å². The van der Waals surface area contributed by atoms with Crippen LogP contribution in [0.3, 0.4) is 0 Å². The molecule has 2 unspecified atom stereocenters. The van der Waals surface area contributed by atoms with Gasteiger partial charge in [0.05, 0.1) is 0 Å². The molecule has 2 aromatic carbocycles. The number of hydrogen-bond acceptors (Lipinski definition) is 2. The highest BCUT2D eigenvalue weighted by Crippen LogP contribution is 2.42. The Kier molecular flexibility index (Phi) is 4.65. The van der Waals surface area contributed by atoms with E-state index in [4.69, 9.17) is 11.5 Å². The molecule has 2 amide bonds. The molecule has 4 N–H and O–H groups in total. The monoisotopic (exact) mass is 322 g/mol. The second kappa shape index (κ2) is 6.87. The Morgan fingerprint density at radius 3 is 1.58 bits per heavy atom. The van der Waals surface area contributed by atoms with Gasteiger partial charge in [-0.05, 0) is 54.4 Å². The van der Waals surface area contributed by atoms with Crippen LogP contribution in [-0.4, -0.2) is 11.8 Å². The number of primary amides is 2. The summed E-state index contributed by atoms with van der Waals surface area (Å²) in [4.78, 5) is 23.4. The number of carbonyl (C=O) groups is 2. The lowest BCUT2D eigenvalue weighted by Gasteiger charge is -2.31. The summed E-state index contributed by atoms with van der Waals surface area (Å²) >= 11 is 0. The maximum absolute atomic E-state index is 11.7. The van der Waals surface area contributed by atoms with E-state index in [0.29, 0.717) is 11.1 Å². The van der Waals surface area contributed by atoms with Gasteiger partial charge in [-0.3, -0.25) is 9.59 Å². The third-order valence-corrected chi connectivity index (χ3v) is 5.01. The van der Waals surface area contributed by atoms with E-state index >= 15 is 0 Å². The third kappa shape index (κ3) is 3.18. The Hall–Kier alpha value is -2.62. The number of hydrogen-bond donors (Lipinski definition) is 2. The Morgan fingerprint density at radius 1 is 0.750 bits per heavy atom. The summed E-state index contributed by atoms with van der Waals surface area (Å²) in [5.74, 6) is -0.225. The zero-order valence-corrected chi connectivity index (χ0v) is 13.6. The van der Waals surface area contributed by atoms with Crippen molar-refractivity contribution >= 4 is 11.8 Å². The molecule has 0 aliphatic heterocycles. The van der Waals surface area contributed by atoms with Crippen LogP contribution in [0.4, 0.5) is 0 Å². The fraction of sp³-hybridized carbons (Fsp3) is 0.300. The summed E-state index contributed by atoms with van der Waals surface area (Å²) in [6, 6.07) is 15.1. The molecule has 1 saturated carbocycles. The predicted octanol–water partition coefficient (Wildman–Crippen LogP) is 3.33. The van der Waals surface area contributed by atoms with Crippen molar-refractivity contribution in [2.75, 3.05) is 0 Å². The van der Waals surface area contributed by atoms with Gasteiger partial charge < -0.3 is 11.5 Å². The quantitative estimate of drug-likeness (QED) is 0.904. The molecule has 124 valence electrons. The van der Waals surface area contributed by atoms with Crippen LogP contribution in [0.25, 0.3) is 0 Å². The van der Waals surface area contributed by atoms with E-state index < -0.39 is 0 Å². The second-order valence-electron chi connectivity index (χ2n) is 6.46. The Balaban J connectivity index is 1.91. The second-order valence-corrected chi connectivity index (χ2v) is 6.46. The molecule has 2 aromatic rings. The highest BCUT2D eigenvalue weighted by atomic mass is 16.1. The standard InChI is InChI=1S/C20H22N2O2/c21-19(23)17-10-3-1-8-15(17)13-6-5-7-14(12-13)16-9-2-4-11-18(16)20(22)24/h1-4,8-11,13-14H,5-7,12H2,(H2,21,23)(H2,22,24). The molecular weight excluding hydrogens is 300 g/mol. The van der Waals surface area contributed by atoms with E-state index in [9.17, 15) is 9.59 Å². The van der Waals surface area contributed by atoms with Crippen molar-refractivity contribution in [1.82, 2.24) is 0 Å². The van der Waals surface area contributed by atoms with Gasteiger partial charge in [-0.1, -0.05) is 42.8 Å². The van der Waals surface area contributed by atoms with Crippen LogP contribution < -0.4 is 11.5 Å². The first-order chi connectivity index (χ1) is 11.6. The Morgan fingerprint density at radius 2 is 1.17 bits per heavy atom. The minimum Gasteiger partial charge on any atom is -0.366 e. The molecule has 0 aromatic heterocycles. The van der Waals surface area contributed by atoms with E-state index in [1.165, 1.54) is 0 Å². The lowest BCUT2D eigenvalue weighted by Crippen LogP contribution is -2.21. The van der Waals surface area contributed by atoms with Crippen molar-refractivity contribution in [1.29, 1.82) is 0 Å². The third-order valence-electron chi connectivity index (χ3n) is 5.01. The molecule has 4 nitrogen and oxygen atoms in total. The number of carbonyl (C=O) groups excluding carboxylic acids is 2. The van der Waals surface area contributed by atoms with E-state index in [1.807, 2.05) is 36.4 Å². The largest absolute Gasteiger partial charge is 0.366 e. The first-order valence-corrected chi connectivity index (χ1v) is 8.35. The van der Waals surface area contributed by atoms with Crippen LogP contribution in [0.1, 0.15) is 69.4 Å². The number of nitrogens with two attached hydrogens (primary N) is 2. The van der Waals surface area contributed by atoms with Crippen molar-refractivity contribution < 1.29 is 9.59 Å². The summed E-state index contributed by atoms with van der Waals surface area (Å²) < 4.78 is 0. The molecule has 2 atom stereocenters. The van der Waals surface area contributed by atoms with Gasteiger partial charge in [0.1, 0.15) is 0 Å². The molecule has 0 spiro atoms. The molecule has 0 saturated heterocycles. The van der Waals surface area contributed by atoms with Crippen molar-refractivity contribution in [3.8, 4) is 0 Å². The van der Waals surface area contributed by atoms with Crippen molar-refractivity contribution in [3.05, 3.63) is 70.8 Å². The van der Waals surface area contributed by atoms with Gasteiger partial charge in [0, 0.05) is 11.1 Å². The van der Waals surface area contributed by atoms with Gasteiger partial charge in [0.15, 0.2) is 0 Å². The summed E-state index contributed by atoms with van der Waals surface area (Å²) in [5, 5.41) is 0. The van der Waals surface area contributed by atoms with E-state index in [0.717, 1.165) is 36.8 Å². The van der Waals surface area contributed by atoms with Crippen LogP contribution >= 0.6 is 0 Å². The van der Waals surface area contributed by atoms with Gasteiger partial charge >= 0.3 is 0 Å². The fourth-order valence-corrected chi connectivity index (χ4v) is 3.91. The van der Waals surface area contributed by atoms with Crippen LogP contribution in [0.5, 0.6) is 0 Å². The average Bonchev–Trinajstić information content (AvgIpc) is 2.61. The van der Waals surface area contributed by atoms with E-state index in [1.54, 1.807) is 12.1 Å². The molecule has 3 rings (SSSR count). The SMILES string of the molecule is NC(=O)c1ccccc1C1CCCC(c2ccccc2C(N)=O)C1. The van der Waals surface area contributed by atoms with Gasteiger partial charge in [0.2, 0.25) is 11.8 Å². The van der Waals surface area contributed by atoms with Crippen molar-refractivity contribution in [3.63, 3.8) is 0 Å². The fourth-order valence-electron chi connectivity index (χ4n) is 3.91. The minimum atomic E-state index is -0.384. The van der Waals surface area contributed by atoms with Gasteiger partial charge in [-0.15, -0.1) is 0 Å². The molecule has 1 aliphatic carbocycles. The lowest BCUT2D eigenvalue weighted by atomic mass is 9.73. The Labute approximate surface area is 141 Å². The van der Waals surface area contributed by atoms with E-state index in [2.05, 4.69) is 0 Å². The van der Waals surface area contributed by atoms with Crippen LogP contribution in [0.2, 0.25) is 0 Å². The average molecular weight is 322 g/mol. The molecule has 4 heteroatoms. The number of amides is 2. The van der Waals surface area contributed by atoms with Crippen LogP contribution in [-0.2, 0) is 0 Å². The summed E-state index contributed by atoms with van der Waals surface area (Å²) in [6.45, 7) is 0. The highest BCUT2D eigenvalue weighted by molar-refractivity contribution is 5.95. The summed E-state index contributed by atoms with van der Waals surface area (Å²) in [6.07, 6.45) is 4.00. The van der Waals surface area contributed by atoms with Gasteiger partial charge in [-0.2, -0.15) is 0 Å². The van der Waals surface area contributed by atoms with Crippen molar-refractivity contribution in [2.45, 2.75) is 37.5 Å². The minimum absolute atomic E-state index is 0.272. The smallest absolute Gasteiger partial charge is 0.248 e. The maximum atomic E-state index is 11.7. The zero-order valence-electron chi connectivity index (χ0n) is 13.6. The topological polar surface area (TPSA) is 86.2 Å². The lowest BCUT2D eigenvalue weighted by molar-refractivity contribution is 0.0991. The molecule has 1 aliphatic rings. The highest BCUT2D eigenvalue weighted by Gasteiger charge is 2.28. The molecular formula is C20H22N2O2. The first-order valence-electron chi connectivity index (χ1n) is 8.35. The molecule has 24 heavy (non-hydrogen) atoms. The zero-order chi connectivity index (χ0) is 17.1. The van der Waals surface area contributed by atoms with Crippen LogP contribution in [0, 0.1) is 0 Å². The molecule has 0 bridgehead atoms. The van der Waals surface area contributed by atoms with Gasteiger partial charge in [0.25, 0.3) is 0 Å². The maximum Gasteiger partial charge on any atom is 0.248 e. The van der Waals surface area contributed by atoms with Crippen LogP contribution in [0.15, 0.2) is 48.5 Å². The first kappa shape index (κ1) is 16.2. The summed E-state index contributed by atoms with van der Waals surface area (Å²) in [7, 11) is 0. The van der Waals surface area contributed by atoms with Gasteiger partial charge in [-0.25, -0.2) is 0 Å². The number of rotatable bonds is 4. The predicted molar refractivity (Wildman–Crippen MR) is 93.9 cm³/mol. The molecule has 0 radical (unpaired) electrons. The Bertz CT molecular complexity index is 706. The normalized spacial score (nSPS) is 20.5.